The third-order valence-electron chi connectivity index (χ3n) is 2.54. The van der Waals surface area contributed by atoms with Crippen LogP contribution in [0.3, 0.4) is 0 Å². The Morgan fingerprint density at radius 2 is 1.54 bits per heavy atom. The monoisotopic (exact) mass is 185 g/mol. The van der Waals surface area contributed by atoms with Gasteiger partial charge in [-0.05, 0) is 25.8 Å². The molecule has 1 rings (SSSR count). The molecule has 0 aromatic carbocycles. The van der Waals surface area contributed by atoms with Crippen LogP contribution in [-0.4, -0.2) is 12.6 Å². The Morgan fingerprint density at radius 3 is 2.00 bits per heavy atom. The molecule has 0 aliphatic heterocycles. The lowest BCUT2D eigenvalue weighted by molar-refractivity contribution is 0.460. The predicted molar refractivity (Wildman–Crippen MR) is 61.1 cm³/mol. The van der Waals surface area contributed by atoms with E-state index >= 15 is 0 Å². The van der Waals surface area contributed by atoms with Crippen molar-refractivity contribution in [1.29, 1.82) is 0 Å². The van der Waals surface area contributed by atoms with E-state index in [1.165, 1.54) is 51.5 Å². The van der Waals surface area contributed by atoms with Gasteiger partial charge >= 0.3 is 0 Å². The molecule has 80 valence electrons. The van der Waals surface area contributed by atoms with Crippen LogP contribution >= 0.6 is 0 Å². The first-order valence-electron chi connectivity index (χ1n) is 6.17. The third-order valence-corrected chi connectivity index (χ3v) is 2.54. The van der Waals surface area contributed by atoms with E-state index in [0.717, 1.165) is 6.04 Å². The molecule has 0 atom stereocenters. The van der Waals surface area contributed by atoms with Crippen LogP contribution in [0.4, 0.5) is 0 Å². The molecule has 0 heterocycles. The van der Waals surface area contributed by atoms with Gasteiger partial charge in [0, 0.05) is 6.04 Å². The van der Waals surface area contributed by atoms with Crippen molar-refractivity contribution in [2.75, 3.05) is 6.54 Å². The van der Waals surface area contributed by atoms with Crippen LogP contribution in [0.2, 0.25) is 0 Å². The Morgan fingerprint density at radius 1 is 1.00 bits per heavy atom. The summed E-state index contributed by atoms with van der Waals surface area (Å²) in [5.41, 5.74) is 0. The van der Waals surface area contributed by atoms with Gasteiger partial charge in [-0.15, -0.1) is 0 Å². The van der Waals surface area contributed by atoms with Gasteiger partial charge in [0.2, 0.25) is 0 Å². The summed E-state index contributed by atoms with van der Waals surface area (Å²) in [4.78, 5) is 0. The molecule has 0 aromatic rings. The molecule has 1 heteroatoms. The van der Waals surface area contributed by atoms with Gasteiger partial charge in [-0.1, -0.05) is 46.5 Å². The van der Waals surface area contributed by atoms with Crippen molar-refractivity contribution in [3.05, 3.63) is 0 Å². The lowest BCUT2D eigenvalue weighted by Crippen LogP contribution is -2.28. The fourth-order valence-corrected chi connectivity index (χ4v) is 1.83. The van der Waals surface area contributed by atoms with Gasteiger partial charge in [-0.3, -0.25) is 0 Å². The second-order valence-electron chi connectivity index (χ2n) is 3.64. The fourth-order valence-electron chi connectivity index (χ4n) is 1.83. The van der Waals surface area contributed by atoms with Gasteiger partial charge in [-0.25, -0.2) is 0 Å². The largest absolute Gasteiger partial charge is 0.314 e. The van der Waals surface area contributed by atoms with Gasteiger partial charge in [0.25, 0.3) is 0 Å². The highest BCUT2D eigenvalue weighted by Gasteiger charge is 2.09. The molecule has 13 heavy (non-hydrogen) atoms. The van der Waals surface area contributed by atoms with Gasteiger partial charge in [-0.2, -0.15) is 0 Å². The zero-order valence-electron chi connectivity index (χ0n) is 9.73. The molecule has 1 fully saturated rings. The van der Waals surface area contributed by atoms with Crippen molar-refractivity contribution >= 4 is 0 Å². The highest BCUT2D eigenvalue weighted by atomic mass is 14.9. The normalized spacial score (nSPS) is 18.7. The van der Waals surface area contributed by atoms with E-state index in [9.17, 15) is 0 Å². The Hall–Kier alpha value is -0.0400. The van der Waals surface area contributed by atoms with Crippen LogP contribution < -0.4 is 5.32 Å². The summed E-state index contributed by atoms with van der Waals surface area (Å²) in [6.07, 6.45) is 9.92. The minimum Gasteiger partial charge on any atom is -0.314 e. The molecule has 1 nitrogen and oxygen atoms in total. The zero-order chi connectivity index (χ0) is 9.94. The summed E-state index contributed by atoms with van der Waals surface area (Å²) < 4.78 is 0. The smallest absolute Gasteiger partial charge is 0.00670 e. The number of rotatable bonds is 3. The van der Waals surface area contributed by atoms with E-state index in [1.54, 1.807) is 0 Å². The van der Waals surface area contributed by atoms with Gasteiger partial charge in [0.1, 0.15) is 0 Å². The van der Waals surface area contributed by atoms with Crippen molar-refractivity contribution in [3.63, 3.8) is 0 Å². The number of nitrogens with one attached hydrogen (secondary N) is 1. The zero-order valence-corrected chi connectivity index (χ0v) is 9.73. The molecule has 0 unspecified atom stereocenters. The fraction of sp³-hybridized carbons (Fsp3) is 1.00. The van der Waals surface area contributed by atoms with E-state index in [2.05, 4.69) is 12.2 Å². The molecular weight excluding hydrogens is 158 g/mol. The summed E-state index contributed by atoms with van der Waals surface area (Å²) in [7, 11) is 0. The first-order chi connectivity index (χ1) is 6.43. The van der Waals surface area contributed by atoms with Gasteiger partial charge < -0.3 is 5.32 Å². The SMILES string of the molecule is CC.CCCNC1CCCCCC1. The molecule has 1 aliphatic rings. The van der Waals surface area contributed by atoms with Crippen molar-refractivity contribution in [1.82, 2.24) is 5.32 Å². The van der Waals surface area contributed by atoms with E-state index in [1.807, 2.05) is 13.8 Å². The van der Waals surface area contributed by atoms with Crippen LogP contribution in [0.5, 0.6) is 0 Å². The maximum absolute atomic E-state index is 3.61. The Balaban J connectivity index is 0.000000671. The average Bonchev–Trinajstić information content (AvgIpc) is 2.46. The summed E-state index contributed by atoms with van der Waals surface area (Å²) in [6.45, 7) is 7.45. The molecule has 1 aliphatic carbocycles. The van der Waals surface area contributed by atoms with E-state index in [0.29, 0.717) is 0 Å². The number of hydrogen-bond acceptors (Lipinski definition) is 1. The van der Waals surface area contributed by atoms with Crippen molar-refractivity contribution in [2.45, 2.75) is 71.8 Å². The quantitative estimate of drug-likeness (QED) is 0.661. The van der Waals surface area contributed by atoms with E-state index in [-0.39, 0.29) is 0 Å². The first-order valence-corrected chi connectivity index (χ1v) is 6.17. The molecule has 1 saturated carbocycles. The molecule has 0 aromatic heterocycles. The van der Waals surface area contributed by atoms with Crippen molar-refractivity contribution < 1.29 is 0 Å². The maximum atomic E-state index is 3.61. The van der Waals surface area contributed by atoms with E-state index in [4.69, 9.17) is 0 Å². The predicted octanol–water partition coefficient (Wildman–Crippen LogP) is 3.74. The Kier molecular flexibility index (Phi) is 10.0. The van der Waals surface area contributed by atoms with Gasteiger partial charge in [0.15, 0.2) is 0 Å². The minimum absolute atomic E-state index is 0.845. The first kappa shape index (κ1) is 13.0. The van der Waals surface area contributed by atoms with Gasteiger partial charge in [0.05, 0.1) is 0 Å². The molecule has 0 radical (unpaired) electrons. The molecule has 0 spiro atoms. The Bertz CT molecular complexity index is 83.1. The van der Waals surface area contributed by atoms with Crippen LogP contribution in [0.1, 0.15) is 65.7 Å². The Labute approximate surface area is 84.3 Å². The minimum atomic E-state index is 0.845. The van der Waals surface area contributed by atoms with Crippen molar-refractivity contribution in [2.24, 2.45) is 0 Å². The summed E-state index contributed by atoms with van der Waals surface area (Å²) in [5, 5.41) is 3.61. The topological polar surface area (TPSA) is 12.0 Å². The average molecular weight is 185 g/mol. The summed E-state index contributed by atoms with van der Waals surface area (Å²) in [6, 6.07) is 0.845. The lowest BCUT2D eigenvalue weighted by atomic mass is 10.1. The van der Waals surface area contributed by atoms with Crippen molar-refractivity contribution in [3.8, 4) is 0 Å². The maximum Gasteiger partial charge on any atom is 0.00670 e. The summed E-state index contributed by atoms with van der Waals surface area (Å²) in [5.74, 6) is 0. The van der Waals surface area contributed by atoms with Crippen LogP contribution in [0, 0.1) is 0 Å². The molecule has 0 bridgehead atoms. The van der Waals surface area contributed by atoms with E-state index < -0.39 is 0 Å². The second kappa shape index (κ2) is 10.0. The highest BCUT2D eigenvalue weighted by molar-refractivity contribution is 4.69. The molecule has 1 N–H and O–H groups in total. The number of hydrogen-bond donors (Lipinski definition) is 1. The molecule has 0 saturated heterocycles. The second-order valence-corrected chi connectivity index (χ2v) is 3.64. The molecular formula is C12H27N. The standard InChI is InChI=1S/C10H21N.C2H6/c1-2-9-11-10-7-5-3-4-6-8-10;1-2/h10-11H,2-9H2,1H3;1-2H3. The third kappa shape index (κ3) is 7.06. The molecule has 0 amide bonds. The summed E-state index contributed by atoms with van der Waals surface area (Å²) >= 11 is 0. The van der Waals surface area contributed by atoms with Crippen LogP contribution in [-0.2, 0) is 0 Å². The van der Waals surface area contributed by atoms with Crippen LogP contribution in [0.25, 0.3) is 0 Å². The lowest BCUT2D eigenvalue weighted by Gasteiger charge is -2.14. The van der Waals surface area contributed by atoms with Crippen LogP contribution in [0.15, 0.2) is 0 Å². The highest BCUT2D eigenvalue weighted by Crippen LogP contribution is 2.16.